The van der Waals surface area contributed by atoms with Crippen LogP contribution in [0.1, 0.15) is 53.2 Å². The van der Waals surface area contributed by atoms with Crippen molar-refractivity contribution in [3.05, 3.63) is 77.4 Å². The molecule has 0 aliphatic heterocycles. The maximum Gasteiger partial charge on any atom is 0.185 e. The first kappa shape index (κ1) is 21.1. The van der Waals surface area contributed by atoms with Crippen LogP contribution in [0, 0.1) is 5.82 Å². The molecule has 160 valence electrons. The Balaban J connectivity index is 1.61. The van der Waals surface area contributed by atoms with Crippen LogP contribution in [0.2, 0.25) is 0 Å². The number of aromatic nitrogens is 2. The van der Waals surface area contributed by atoms with E-state index in [-0.39, 0.29) is 35.3 Å². The molecule has 0 bridgehead atoms. The van der Waals surface area contributed by atoms with Gasteiger partial charge in [0, 0.05) is 18.7 Å². The topological polar surface area (TPSA) is 78.1 Å². The van der Waals surface area contributed by atoms with Crippen LogP contribution in [-0.2, 0) is 6.42 Å². The second-order valence-electron chi connectivity index (χ2n) is 8.00. The van der Waals surface area contributed by atoms with Crippen molar-refractivity contribution in [2.24, 2.45) is 5.73 Å². The minimum atomic E-state index is -0.497. The Morgan fingerprint density at radius 3 is 2.81 bits per heavy atom. The maximum atomic E-state index is 14.4. The summed E-state index contributed by atoms with van der Waals surface area (Å²) >= 11 is 0. The van der Waals surface area contributed by atoms with Crippen molar-refractivity contribution in [1.82, 2.24) is 9.97 Å². The molecule has 2 unspecified atom stereocenters. The van der Waals surface area contributed by atoms with E-state index in [9.17, 15) is 9.18 Å². The number of Topliss-reactive ketones (excluding diaryl/α,β-unsaturated/α-hetero) is 1. The molecular weight excluding hydrogens is 393 g/mol. The summed E-state index contributed by atoms with van der Waals surface area (Å²) in [7, 11) is 1.46. The first-order valence-corrected chi connectivity index (χ1v) is 10.6. The highest BCUT2D eigenvalue weighted by Crippen LogP contribution is 2.34. The van der Waals surface area contributed by atoms with E-state index in [0.717, 1.165) is 31.2 Å². The second kappa shape index (κ2) is 9.35. The number of nitrogens with two attached hydrogens (primary N) is 1. The number of hydrogen-bond acceptors (Lipinski definition) is 5. The first-order chi connectivity index (χ1) is 15.1. The summed E-state index contributed by atoms with van der Waals surface area (Å²) in [5.41, 5.74) is 8.78. The smallest absolute Gasteiger partial charge is 0.185 e. The van der Waals surface area contributed by atoms with Gasteiger partial charge in [-0.3, -0.25) is 4.79 Å². The molecule has 1 aliphatic carbocycles. The molecule has 1 aliphatic rings. The van der Waals surface area contributed by atoms with Crippen molar-refractivity contribution in [2.45, 2.75) is 44.1 Å². The Morgan fingerprint density at radius 1 is 1.16 bits per heavy atom. The molecule has 3 aromatic rings. The molecule has 5 nitrogen and oxygen atoms in total. The lowest BCUT2D eigenvalue weighted by molar-refractivity contribution is 0.0987. The van der Waals surface area contributed by atoms with Gasteiger partial charge in [0.25, 0.3) is 0 Å². The molecule has 31 heavy (non-hydrogen) atoms. The Hall–Kier alpha value is -3.12. The number of ether oxygens (including phenoxy) is 1. The van der Waals surface area contributed by atoms with Gasteiger partial charge in [-0.25, -0.2) is 14.4 Å². The number of carbonyl (C=O) groups excluding carboxylic acids is 1. The van der Waals surface area contributed by atoms with Crippen LogP contribution in [0.15, 0.2) is 54.7 Å². The summed E-state index contributed by atoms with van der Waals surface area (Å²) in [4.78, 5) is 21.6. The summed E-state index contributed by atoms with van der Waals surface area (Å²) in [5.74, 6) is 0.196. The van der Waals surface area contributed by atoms with Gasteiger partial charge in [0.2, 0.25) is 0 Å². The van der Waals surface area contributed by atoms with Gasteiger partial charge in [-0.15, -0.1) is 0 Å². The van der Waals surface area contributed by atoms with Crippen LogP contribution in [0.4, 0.5) is 4.39 Å². The number of hydrogen-bond donors (Lipinski definition) is 1. The average molecular weight is 420 g/mol. The number of methoxy groups -OCH3 is 1. The minimum absolute atomic E-state index is 0.132. The molecule has 0 amide bonds. The number of ketones is 1. The van der Waals surface area contributed by atoms with E-state index in [4.69, 9.17) is 10.5 Å². The number of nitrogens with zero attached hydrogens (tertiary/aromatic N) is 2. The lowest BCUT2D eigenvalue weighted by atomic mass is 9.79. The van der Waals surface area contributed by atoms with E-state index in [1.165, 1.54) is 24.9 Å². The summed E-state index contributed by atoms with van der Waals surface area (Å²) < 4.78 is 19.7. The highest BCUT2D eigenvalue weighted by atomic mass is 19.1. The standard InChI is InChI=1S/C25H26FN3O2/c1-31-23-11-5-10-20(26)24(23)25-28-13-12-21(29-25)22(30)15-17-6-2-3-9-19(17)16-7-4-8-18(27)14-16/h2-3,5-6,9-13,16,18H,4,7-8,14-15,27H2,1H3. The monoisotopic (exact) mass is 419 g/mol. The fourth-order valence-corrected chi connectivity index (χ4v) is 4.39. The van der Waals surface area contributed by atoms with Crippen molar-refractivity contribution in [1.29, 1.82) is 0 Å². The van der Waals surface area contributed by atoms with E-state index in [0.29, 0.717) is 11.7 Å². The predicted octanol–water partition coefficient (Wildman–Crippen LogP) is 4.70. The normalized spacial score (nSPS) is 18.5. The van der Waals surface area contributed by atoms with Gasteiger partial charge in [0.05, 0.1) is 12.7 Å². The molecule has 6 heteroatoms. The van der Waals surface area contributed by atoms with Crippen molar-refractivity contribution in [3.63, 3.8) is 0 Å². The molecule has 0 saturated heterocycles. The van der Waals surface area contributed by atoms with Gasteiger partial charge < -0.3 is 10.5 Å². The van der Waals surface area contributed by atoms with Gasteiger partial charge in [-0.05, 0) is 54.5 Å². The van der Waals surface area contributed by atoms with Gasteiger partial charge in [-0.2, -0.15) is 0 Å². The summed E-state index contributed by atoms with van der Waals surface area (Å²) in [6.45, 7) is 0. The third-order valence-electron chi connectivity index (χ3n) is 5.92. The Morgan fingerprint density at radius 2 is 2.00 bits per heavy atom. The third kappa shape index (κ3) is 4.64. The molecule has 2 atom stereocenters. The van der Waals surface area contributed by atoms with E-state index in [1.54, 1.807) is 18.2 Å². The Bertz CT molecular complexity index is 1090. The van der Waals surface area contributed by atoms with E-state index >= 15 is 0 Å². The predicted molar refractivity (Wildman–Crippen MR) is 118 cm³/mol. The van der Waals surface area contributed by atoms with Crippen LogP contribution in [0.3, 0.4) is 0 Å². The fraction of sp³-hybridized carbons (Fsp3) is 0.320. The lowest BCUT2D eigenvalue weighted by Gasteiger charge is -2.28. The van der Waals surface area contributed by atoms with Gasteiger partial charge in [0.15, 0.2) is 11.6 Å². The van der Waals surface area contributed by atoms with E-state index < -0.39 is 5.82 Å². The molecule has 1 saturated carbocycles. The fourth-order valence-electron chi connectivity index (χ4n) is 4.39. The number of benzene rings is 2. The quantitative estimate of drug-likeness (QED) is 0.586. The maximum absolute atomic E-state index is 14.4. The van der Waals surface area contributed by atoms with Crippen LogP contribution in [-0.4, -0.2) is 28.9 Å². The van der Waals surface area contributed by atoms with Crippen LogP contribution >= 0.6 is 0 Å². The summed E-state index contributed by atoms with van der Waals surface area (Å²) in [6.07, 6.45) is 5.90. The second-order valence-corrected chi connectivity index (χ2v) is 8.00. The summed E-state index contributed by atoms with van der Waals surface area (Å²) in [5, 5.41) is 0. The van der Waals surface area contributed by atoms with Gasteiger partial charge in [-0.1, -0.05) is 36.8 Å². The lowest BCUT2D eigenvalue weighted by Crippen LogP contribution is -2.27. The SMILES string of the molecule is COc1cccc(F)c1-c1nccc(C(=O)Cc2ccccc2C2CCCC(N)C2)n1. The van der Waals surface area contributed by atoms with Crippen molar-refractivity contribution in [3.8, 4) is 17.1 Å². The zero-order valence-electron chi connectivity index (χ0n) is 17.6. The van der Waals surface area contributed by atoms with E-state index in [2.05, 4.69) is 16.0 Å². The van der Waals surface area contributed by atoms with Gasteiger partial charge in [0.1, 0.15) is 17.3 Å². The Kier molecular flexibility index (Phi) is 6.37. The molecule has 1 heterocycles. The average Bonchev–Trinajstić information content (AvgIpc) is 2.79. The first-order valence-electron chi connectivity index (χ1n) is 10.6. The number of carbonyl (C=O) groups is 1. The van der Waals surface area contributed by atoms with Crippen LogP contribution in [0.25, 0.3) is 11.4 Å². The van der Waals surface area contributed by atoms with E-state index in [1.807, 2.05) is 18.2 Å². The number of halogens is 1. The van der Waals surface area contributed by atoms with Crippen molar-refractivity contribution >= 4 is 5.78 Å². The summed E-state index contributed by atoms with van der Waals surface area (Å²) in [6, 6.07) is 14.3. The highest BCUT2D eigenvalue weighted by Gasteiger charge is 2.24. The molecule has 4 rings (SSSR count). The molecular formula is C25H26FN3O2. The zero-order valence-corrected chi connectivity index (χ0v) is 17.6. The highest BCUT2D eigenvalue weighted by molar-refractivity contribution is 5.96. The minimum Gasteiger partial charge on any atom is -0.496 e. The number of rotatable bonds is 6. The molecule has 2 aromatic carbocycles. The Labute approximate surface area is 181 Å². The molecule has 0 spiro atoms. The third-order valence-corrected chi connectivity index (χ3v) is 5.92. The zero-order chi connectivity index (χ0) is 21.8. The van der Waals surface area contributed by atoms with Crippen molar-refractivity contribution < 1.29 is 13.9 Å². The molecule has 2 N–H and O–H groups in total. The molecule has 1 fully saturated rings. The van der Waals surface area contributed by atoms with Crippen LogP contribution in [0.5, 0.6) is 5.75 Å². The van der Waals surface area contributed by atoms with Gasteiger partial charge >= 0.3 is 0 Å². The van der Waals surface area contributed by atoms with Crippen molar-refractivity contribution in [2.75, 3.05) is 7.11 Å². The molecule has 0 radical (unpaired) electrons. The molecule has 1 aromatic heterocycles. The van der Waals surface area contributed by atoms with Crippen LogP contribution < -0.4 is 10.5 Å². The largest absolute Gasteiger partial charge is 0.496 e.